The summed E-state index contributed by atoms with van der Waals surface area (Å²) in [4.78, 5) is 17.7. The molecule has 4 aromatic rings. The molecule has 1 amide bonds. The number of aromatic nitrogens is 1. The van der Waals surface area contributed by atoms with Gasteiger partial charge in [0, 0.05) is 16.0 Å². The molecule has 0 aliphatic heterocycles. The Morgan fingerprint density at radius 2 is 1.76 bits per heavy atom. The van der Waals surface area contributed by atoms with Gasteiger partial charge < -0.3 is 4.74 Å². The highest BCUT2D eigenvalue weighted by atomic mass is 35.5. The Morgan fingerprint density at radius 1 is 0.966 bits per heavy atom. The van der Waals surface area contributed by atoms with E-state index in [0.717, 1.165) is 22.2 Å². The van der Waals surface area contributed by atoms with E-state index >= 15 is 0 Å². The maximum Gasteiger partial charge on any atom is 0.270 e. The SMILES string of the molecule is COc1ccc(-c2cc(C(=O)NNc3cccc(Cl)c3)c3ccccc3n2)cc1. The van der Waals surface area contributed by atoms with Crippen molar-refractivity contribution in [2.24, 2.45) is 0 Å². The van der Waals surface area contributed by atoms with Crippen molar-refractivity contribution < 1.29 is 9.53 Å². The summed E-state index contributed by atoms with van der Waals surface area (Å²) in [5.41, 5.74) is 9.20. The van der Waals surface area contributed by atoms with Gasteiger partial charge in [-0.25, -0.2) is 4.98 Å². The summed E-state index contributed by atoms with van der Waals surface area (Å²) in [7, 11) is 1.62. The Bertz CT molecular complexity index is 1180. The summed E-state index contributed by atoms with van der Waals surface area (Å²) in [6.45, 7) is 0. The van der Waals surface area contributed by atoms with E-state index in [0.29, 0.717) is 22.0 Å². The number of rotatable bonds is 5. The third-order valence-corrected chi connectivity index (χ3v) is 4.73. The van der Waals surface area contributed by atoms with Crippen LogP contribution in [-0.2, 0) is 0 Å². The van der Waals surface area contributed by atoms with Crippen LogP contribution in [0.5, 0.6) is 5.75 Å². The van der Waals surface area contributed by atoms with Gasteiger partial charge in [0.15, 0.2) is 0 Å². The summed E-state index contributed by atoms with van der Waals surface area (Å²) >= 11 is 6.00. The average molecular weight is 404 g/mol. The van der Waals surface area contributed by atoms with Crippen LogP contribution in [0.15, 0.2) is 78.9 Å². The molecule has 3 aromatic carbocycles. The van der Waals surface area contributed by atoms with Gasteiger partial charge in [-0.3, -0.25) is 15.6 Å². The number of para-hydroxylation sites is 1. The van der Waals surface area contributed by atoms with Crippen LogP contribution < -0.4 is 15.6 Å². The Hall–Kier alpha value is -3.57. The average Bonchev–Trinajstić information content (AvgIpc) is 2.77. The maximum absolute atomic E-state index is 12.9. The monoisotopic (exact) mass is 403 g/mol. The third kappa shape index (κ3) is 4.15. The van der Waals surface area contributed by atoms with Crippen LogP contribution in [0.4, 0.5) is 5.69 Å². The number of nitrogens with zero attached hydrogens (tertiary/aromatic N) is 1. The van der Waals surface area contributed by atoms with Crippen molar-refractivity contribution >= 4 is 34.1 Å². The lowest BCUT2D eigenvalue weighted by molar-refractivity contribution is 0.0964. The largest absolute Gasteiger partial charge is 0.497 e. The van der Waals surface area contributed by atoms with E-state index in [2.05, 4.69) is 10.9 Å². The van der Waals surface area contributed by atoms with Crippen molar-refractivity contribution in [3.8, 4) is 17.0 Å². The van der Waals surface area contributed by atoms with Crippen LogP contribution in [0.3, 0.4) is 0 Å². The van der Waals surface area contributed by atoms with Crippen molar-refractivity contribution in [3.05, 3.63) is 89.4 Å². The number of carbonyl (C=O) groups is 1. The normalized spacial score (nSPS) is 10.6. The number of hydrogen-bond donors (Lipinski definition) is 2. The summed E-state index contributed by atoms with van der Waals surface area (Å²) in [5.74, 6) is 0.497. The lowest BCUT2D eigenvalue weighted by Crippen LogP contribution is -2.29. The van der Waals surface area contributed by atoms with Crippen molar-refractivity contribution in [2.75, 3.05) is 12.5 Å². The van der Waals surface area contributed by atoms with Crippen LogP contribution >= 0.6 is 11.6 Å². The second-order valence-electron chi connectivity index (χ2n) is 6.39. The van der Waals surface area contributed by atoms with E-state index < -0.39 is 0 Å². The number of nitrogens with one attached hydrogen (secondary N) is 2. The first-order valence-electron chi connectivity index (χ1n) is 9.00. The molecule has 1 heterocycles. The maximum atomic E-state index is 12.9. The number of fused-ring (bicyclic) bond motifs is 1. The van der Waals surface area contributed by atoms with Gasteiger partial charge >= 0.3 is 0 Å². The summed E-state index contributed by atoms with van der Waals surface area (Å²) in [6, 6.07) is 24.1. The van der Waals surface area contributed by atoms with Gasteiger partial charge in [-0.2, -0.15) is 0 Å². The Labute approximate surface area is 173 Å². The standard InChI is InChI=1S/C23H18ClN3O2/c1-29-18-11-9-15(10-12-18)22-14-20(19-7-2-3-8-21(19)25-22)23(28)27-26-17-6-4-5-16(24)13-17/h2-14,26H,1H3,(H,27,28). The fraction of sp³-hybridized carbons (Fsp3) is 0.0435. The minimum Gasteiger partial charge on any atom is -0.497 e. The number of ether oxygens (including phenoxy) is 1. The molecule has 29 heavy (non-hydrogen) atoms. The van der Waals surface area contributed by atoms with Crippen LogP contribution in [0.2, 0.25) is 5.02 Å². The molecule has 6 heteroatoms. The number of halogens is 1. The van der Waals surface area contributed by atoms with Gasteiger partial charge in [-0.1, -0.05) is 35.9 Å². The van der Waals surface area contributed by atoms with Gasteiger partial charge in [0.2, 0.25) is 0 Å². The first-order valence-corrected chi connectivity index (χ1v) is 9.38. The predicted octanol–water partition coefficient (Wildman–Crippen LogP) is 5.32. The molecule has 0 atom stereocenters. The molecule has 0 spiro atoms. The molecular formula is C23H18ClN3O2. The van der Waals surface area contributed by atoms with E-state index in [4.69, 9.17) is 21.3 Å². The third-order valence-electron chi connectivity index (χ3n) is 4.49. The van der Waals surface area contributed by atoms with Crippen LogP contribution in [0.25, 0.3) is 22.2 Å². The summed E-state index contributed by atoms with van der Waals surface area (Å²) in [5, 5.41) is 1.36. The highest BCUT2D eigenvalue weighted by Crippen LogP contribution is 2.26. The highest BCUT2D eigenvalue weighted by molar-refractivity contribution is 6.30. The van der Waals surface area contributed by atoms with Gasteiger partial charge in [0.25, 0.3) is 5.91 Å². The fourth-order valence-electron chi connectivity index (χ4n) is 3.04. The van der Waals surface area contributed by atoms with E-state index in [9.17, 15) is 4.79 Å². The van der Waals surface area contributed by atoms with Gasteiger partial charge in [0.05, 0.1) is 29.6 Å². The number of benzene rings is 3. The van der Waals surface area contributed by atoms with Gasteiger partial charge in [-0.15, -0.1) is 0 Å². The number of hydrazine groups is 1. The number of amides is 1. The van der Waals surface area contributed by atoms with Crippen molar-refractivity contribution in [3.63, 3.8) is 0 Å². The molecule has 1 aromatic heterocycles. The number of carbonyl (C=O) groups excluding carboxylic acids is 1. The number of pyridine rings is 1. The lowest BCUT2D eigenvalue weighted by Gasteiger charge is -2.12. The molecule has 2 N–H and O–H groups in total. The first-order chi connectivity index (χ1) is 14.1. The zero-order valence-electron chi connectivity index (χ0n) is 15.6. The molecule has 0 saturated carbocycles. The highest BCUT2D eigenvalue weighted by Gasteiger charge is 2.14. The molecule has 0 aliphatic carbocycles. The number of methoxy groups -OCH3 is 1. The first kappa shape index (κ1) is 18.8. The minimum atomic E-state index is -0.265. The van der Waals surface area contributed by atoms with E-state index in [1.165, 1.54) is 0 Å². The smallest absolute Gasteiger partial charge is 0.270 e. The molecule has 0 aliphatic rings. The summed E-state index contributed by atoms with van der Waals surface area (Å²) < 4.78 is 5.22. The molecule has 4 rings (SSSR count). The summed E-state index contributed by atoms with van der Waals surface area (Å²) in [6.07, 6.45) is 0. The van der Waals surface area contributed by atoms with Gasteiger partial charge in [0.1, 0.15) is 5.75 Å². The van der Waals surface area contributed by atoms with E-state index in [1.54, 1.807) is 31.4 Å². The van der Waals surface area contributed by atoms with Crippen LogP contribution in [0, 0.1) is 0 Å². The molecule has 0 radical (unpaired) electrons. The molecule has 0 fully saturated rings. The van der Waals surface area contributed by atoms with Crippen molar-refractivity contribution in [1.29, 1.82) is 0 Å². The Balaban J connectivity index is 1.69. The zero-order valence-corrected chi connectivity index (χ0v) is 16.4. The number of hydrogen-bond acceptors (Lipinski definition) is 4. The van der Waals surface area contributed by atoms with E-state index in [-0.39, 0.29) is 5.91 Å². The Kier molecular flexibility index (Phi) is 5.31. The van der Waals surface area contributed by atoms with Crippen molar-refractivity contribution in [2.45, 2.75) is 0 Å². The van der Waals surface area contributed by atoms with Gasteiger partial charge in [-0.05, 0) is 54.6 Å². The number of anilines is 1. The minimum absolute atomic E-state index is 0.265. The lowest BCUT2D eigenvalue weighted by atomic mass is 10.0. The van der Waals surface area contributed by atoms with Crippen molar-refractivity contribution in [1.82, 2.24) is 10.4 Å². The molecule has 144 valence electrons. The van der Waals surface area contributed by atoms with E-state index in [1.807, 2.05) is 54.6 Å². The topological polar surface area (TPSA) is 63.2 Å². The van der Waals surface area contributed by atoms with Crippen LogP contribution in [-0.4, -0.2) is 18.0 Å². The molecular weight excluding hydrogens is 386 g/mol. The molecule has 0 bridgehead atoms. The zero-order chi connectivity index (χ0) is 20.2. The second-order valence-corrected chi connectivity index (χ2v) is 6.83. The van der Waals surface area contributed by atoms with Crippen LogP contribution in [0.1, 0.15) is 10.4 Å². The quantitative estimate of drug-likeness (QED) is 0.442. The Morgan fingerprint density at radius 3 is 2.52 bits per heavy atom. The molecule has 0 saturated heterocycles. The fourth-order valence-corrected chi connectivity index (χ4v) is 3.23. The predicted molar refractivity (Wildman–Crippen MR) is 116 cm³/mol. The second kappa shape index (κ2) is 8.20. The molecule has 5 nitrogen and oxygen atoms in total. The molecule has 0 unspecified atom stereocenters.